The molecule has 1 aliphatic rings. The van der Waals surface area contributed by atoms with Crippen LogP contribution in [0.5, 0.6) is 0 Å². The summed E-state index contributed by atoms with van der Waals surface area (Å²) in [6.45, 7) is 7.73. The first kappa shape index (κ1) is 14.1. The Labute approximate surface area is 116 Å². The zero-order valence-corrected chi connectivity index (χ0v) is 12.6. The summed E-state index contributed by atoms with van der Waals surface area (Å²) in [6.07, 6.45) is 7.22. The number of hydrogen-bond acceptors (Lipinski definition) is 4. The van der Waals surface area contributed by atoms with Gasteiger partial charge in [0, 0.05) is 31.4 Å². The summed E-state index contributed by atoms with van der Waals surface area (Å²) < 4.78 is 0. The first-order valence-electron chi connectivity index (χ1n) is 7.40. The minimum atomic E-state index is 0.646. The van der Waals surface area contributed by atoms with Gasteiger partial charge in [0.15, 0.2) is 0 Å². The quantitative estimate of drug-likeness (QED) is 0.884. The maximum Gasteiger partial charge on any atom is 0.224 e. The highest BCUT2D eigenvalue weighted by Gasteiger charge is 2.25. The Morgan fingerprint density at radius 3 is 2.63 bits per heavy atom. The van der Waals surface area contributed by atoms with Crippen LogP contribution in [0.3, 0.4) is 0 Å². The predicted molar refractivity (Wildman–Crippen MR) is 80.8 cm³/mol. The van der Waals surface area contributed by atoms with Crippen LogP contribution in [-0.4, -0.2) is 29.6 Å². The molecule has 0 saturated heterocycles. The number of rotatable bonds is 5. The van der Waals surface area contributed by atoms with Gasteiger partial charge in [-0.2, -0.15) is 4.98 Å². The second-order valence-electron chi connectivity index (χ2n) is 5.93. The molecule has 0 aromatic carbocycles. The molecule has 0 spiro atoms. The van der Waals surface area contributed by atoms with Crippen LogP contribution in [0.4, 0.5) is 11.8 Å². The van der Waals surface area contributed by atoms with Gasteiger partial charge in [-0.1, -0.05) is 26.7 Å². The van der Waals surface area contributed by atoms with E-state index in [9.17, 15) is 0 Å². The summed E-state index contributed by atoms with van der Waals surface area (Å²) in [5.74, 6) is 2.47. The van der Waals surface area contributed by atoms with Crippen LogP contribution in [0.15, 0.2) is 6.20 Å². The van der Waals surface area contributed by atoms with Crippen molar-refractivity contribution < 1.29 is 0 Å². The Balaban J connectivity index is 2.30. The third-order valence-corrected chi connectivity index (χ3v) is 3.77. The van der Waals surface area contributed by atoms with Crippen molar-refractivity contribution in [2.75, 3.05) is 23.8 Å². The Morgan fingerprint density at radius 2 is 2.05 bits per heavy atom. The van der Waals surface area contributed by atoms with Gasteiger partial charge in [0.1, 0.15) is 5.82 Å². The van der Waals surface area contributed by atoms with Crippen LogP contribution >= 0.6 is 0 Å². The van der Waals surface area contributed by atoms with Crippen LogP contribution in [0.25, 0.3) is 0 Å². The normalized spacial score (nSPS) is 16.1. The van der Waals surface area contributed by atoms with Crippen LogP contribution in [0.2, 0.25) is 0 Å². The summed E-state index contributed by atoms with van der Waals surface area (Å²) in [4.78, 5) is 11.5. The molecule has 0 atom stereocenters. The average molecular weight is 262 g/mol. The molecule has 0 amide bonds. The number of nitrogens with one attached hydrogen (secondary N) is 1. The molecule has 106 valence electrons. The van der Waals surface area contributed by atoms with Gasteiger partial charge in [-0.05, 0) is 25.7 Å². The minimum Gasteiger partial charge on any atom is -0.357 e. The third-order valence-electron chi connectivity index (χ3n) is 3.77. The van der Waals surface area contributed by atoms with E-state index in [4.69, 9.17) is 4.98 Å². The van der Waals surface area contributed by atoms with E-state index in [-0.39, 0.29) is 0 Å². The molecule has 2 rings (SSSR count). The Morgan fingerprint density at radius 1 is 1.37 bits per heavy atom. The first-order valence-corrected chi connectivity index (χ1v) is 7.40. The summed E-state index contributed by atoms with van der Waals surface area (Å²) in [5.41, 5.74) is 1.17. The SMILES string of the molecule is CNc1ncc(C)c(N(CC(C)C)C2CCCC2)n1. The zero-order chi connectivity index (χ0) is 13.8. The molecule has 1 saturated carbocycles. The van der Waals surface area contributed by atoms with Crippen molar-refractivity contribution in [2.45, 2.75) is 52.5 Å². The number of hydrogen-bond donors (Lipinski definition) is 1. The van der Waals surface area contributed by atoms with Gasteiger partial charge < -0.3 is 10.2 Å². The van der Waals surface area contributed by atoms with E-state index in [0.29, 0.717) is 17.9 Å². The molecular weight excluding hydrogens is 236 g/mol. The molecule has 1 aromatic heterocycles. The third kappa shape index (κ3) is 3.37. The lowest BCUT2D eigenvalue weighted by Gasteiger charge is -2.32. The molecule has 0 aliphatic heterocycles. The molecule has 1 aliphatic carbocycles. The van der Waals surface area contributed by atoms with Crippen LogP contribution in [-0.2, 0) is 0 Å². The monoisotopic (exact) mass is 262 g/mol. The Hall–Kier alpha value is -1.32. The van der Waals surface area contributed by atoms with Gasteiger partial charge in [-0.15, -0.1) is 0 Å². The van der Waals surface area contributed by atoms with E-state index >= 15 is 0 Å². The smallest absolute Gasteiger partial charge is 0.224 e. The van der Waals surface area contributed by atoms with Gasteiger partial charge >= 0.3 is 0 Å². The molecule has 19 heavy (non-hydrogen) atoms. The number of nitrogens with zero attached hydrogens (tertiary/aromatic N) is 3. The van der Waals surface area contributed by atoms with Crippen molar-refractivity contribution in [2.24, 2.45) is 5.92 Å². The summed E-state index contributed by atoms with van der Waals surface area (Å²) in [5, 5.41) is 3.04. The molecule has 4 heteroatoms. The molecule has 1 fully saturated rings. The van der Waals surface area contributed by atoms with Crippen LogP contribution < -0.4 is 10.2 Å². The lowest BCUT2D eigenvalue weighted by atomic mass is 10.1. The van der Waals surface area contributed by atoms with Crippen LogP contribution in [0.1, 0.15) is 45.1 Å². The second-order valence-corrected chi connectivity index (χ2v) is 5.93. The van der Waals surface area contributed by atoms with Crippen LogP contribution in [0, 0.1) is 12.8 Å². The standard InChI is InChI=1S/C15H26N4/c1-11(2)10-19(13-7-5-6-8-13)14-12(3)9-17-15(16-4)18-14/h9,11,13H,5-8,10H2,1-4H3,(H,16,17,18). The largest absolute Gasteiger partial charge is 0.357 e. The fraction of sp³-hybridized carbons (Fsp3) is 0.733. The fourth-order valence-electron chi connectivity index (χ4n) is 2.86. The van der Waals surface area contributed by atoms with Crippen molar-refractivity contribution in [1.82, 2.24) is 9.97 Å². The first-order chi connectivity index (χ1) is 9.11. The molecule has 1 N–H and O–H groups in total. The van der Waals surface area contributed by atoms with Gasteiger partial charge in [-0.3, -0.25) is 0 Å². The Kier molecular flexibility index (Phi) is 4.61. The second kappa shape index (κ2) is 6.22. The molecule has 4 nitrogen and oxygen atoms in total. The molecule has 1 heterocycles. The van der Waals surface area contributed by atoms with Crippen molar-refractivity contribution in [3.05, 3.63) is 11.8 Å². The lowest BCUT2D eigenvalue weighted by Crippen LogP contribution is -2.37. The molecule has 0 bridgehead atoms. The van der Waals surface area contributed by atoms with Crippen molar-refractivity contribution in [1.29, 1.82) is 0 Å². The maximum absolute atomic E-state index is 4.69. The predicted octanol–water partition coefficient (Wildman–Crippen LogP) is 3.23. The average Bonchev–Trinajstić information content (AvgIpc) is 2.90. The molecular formula is C15H26N4. The van der Waals surface area contributed by atoms with Crippen molar-refractivity contribution in [3.8, 4) is 0 Å². The lowest BCUT2D eigenvalue weighted by molar-refractivity contribution is 0.530. The highest BCUT2D eigenvalue weighted by Crippen LogP contribution is 2.30. The van der Waals surface area contributed by atoms with E-state index in [2.05, 4.69) is 36.0 Å². The van der Waals surface area contributed by atoms with E-state index < -0.39 is 0 Å². The summed E-state index contributed by atoms with van der Waals surface area (Å²) in [7, 11) is 1.87. The van der Waals surface area contributed by atoms with E-state index in [0.717, 1.165) is 12.4 Å². The number of aromatic nitrogens is 2. The summed E-state index contributed by atoms with van der Waals surface area (Å²) in [6, 6.07) is 0.653. The fourth-order valence-corrected chi connectivity index (χ4v) is 2.86. The minimum absolute atomic E-state index is 0.646. The highest BCUT2D eigenvalue weighted by molar-refractivity contribution is 5.50. The molecule has 0 unspecified atom stereocenters. The van der Waals surface area contributed by atoms with E-state index in [1.54, 1.807) is 0 Å². The maximum atomic E-state index is 4.69. The summed E-state index contributed by atoms with van der Waals surface area (Å²) >= 11 is 0. The zero-order valence-electron chi connectivity index (χ0n) is 12.6. The number of aryl methyl sites for hydroxylation is 1. The highest BCUT2D eigenvalue weighted by atomic mass is 15.2. The van der Waals surface area contributed by atoms with Crippen molar-refractivity contribution in [3.63, 3.8) is 0 Å². The molecule has 1 aromatic rings. The number of anilines is 2. The van der Waals surface area contributed by atoms with E-state index in [1.165, 1.54) is 31.2 Å². The molecule has 0 radical (unpaired) electrons. The van der Waals surface area contributed by atoms with Gasteiger partial charge in [-0.25, -0.2) is 4.98 Å². The van der Waals surface area contributed by atoms with Gasteiger partial charge in [0.2, 0.25) is 5.95 Å². The van der Waals surface area contributed by atoms with Crippen molar-refractivity contribution >= 4 is 11.8 Å². The van der Waals surface area contributed by atoms with E-state index in [1.807, 2.05) is 13.2 Å². The Bertz CT molecular complexity index is 411. The van der Waals surface area contributed by atoms with Gasteiger partial charge in [0.25, 0.3) is 0 Å². The topological polar surface area (TPSA) is 41.1 Å². The van der Waals surface area contributed by atoms with Gasteiger partial charge in [0.05, 0.1) is 0 Å².